The lowest BCUT2D eigenvalue weighted by molar-refractivity contribution is 0.512. The summed E-state index contributed by atoms with van der Waals surface area (Å²) in [6.45, 7) is 7.05. The Balaban J connectivity index is 2.19. The van der Waals surface area contributed by atoms with E-state index in [1.165, 1.54) is 15.3 Å². The third-order valence-electron chi connectivity index (χ3n) is 3.30. The Kier molecular flexibility index (Phi) is 6.46. The van der Waals surface area contributed by atoms with E-state index in [0.717, 1.165) is 30.9 Å². The summed E-state index contributed by atoms with van der Waals surface area (Å²) in [5, 5.41) is 3.35. The predicted octanol–water partition coefficient (Wildman–Crippen LogP) is 5.06. The smallest absolute Gasteiger partial charge is 0.143 e. The van der Waals surface area contributed by atoms with Crippen molar-refractivity contribution in [3.63, 3.8) is 0 Å². The van der Waals surface area contributed by atoms with E-state index in [4.69, 9.17) is 9.41 Å². The van der Waals surface area contributed by atoms with Gasteiger partial charge < -0.3 is 9.73 Å². The van der Waals surface area contributed by atoms with Gasteiger partial charge in [0.05, 0.1) is 17.7 Å². The van der Waals surface area contributed by atoms with Crippen LogP contribution in [-0.2, 0) is 13.0 Å². The minimum atomic E-state index is 0.551. The Morgan fingerprint density at radius 3 is 2.91 bits per heavy atom. The van der Waals surface area contributed by atoms with Crippen LogP contribution in [-0.4, -0.2) is 5.84 Å². The third-order valence-corrected chi connectivity index (χ3v) is 4.69. The molecule has 0 saturated heterocycles. The molecule has 0 unspecified atom stereocenters. The molecule has 0 fully saturated rings. The Bertz CT molecular complexity index is 624. The number of hydrogen-bond donors (Lipinski definition) is 1. The number of furan rings is 1. The molecule has 2 rings (SSSR count). The Labute approximate surface area is 136 Å². The summed E-state index contributed by atoms with van der Waals surface area (Å²) >= 11 is 1.81. The highest BCUT2D eigenvalue weighted by molar-refractivity contribution is 7.14. The largest absolute Gasteiger partial charge is 0.467 e. The van der Waals surface area contributed by atoms with Gasteiger partial charge in [-0.3, -0.25) is 4.99 Å². The van der Waals surface area contributed by atoms with E-state index >= 15 is 0 Å². The van der Waals surface area contributed by atoms with E-state index in [1.807, 2.05) is 29.7 Å². The third kappa shape index (κ3) is 4.60. The molecule has 1 N–H and O–H groups in total. The zero-order valence-corrected chi connectivity index (χ0v) is 14.4. The van der Waals surface area contributed by atoms with Crippen molar-refractivity contribution in [3.05, 3.63) is 57.8 Å². The maximum Gasteiger partial charge on any atom is 0.143 e. The lowest BCUT2D eigenvalue weighted by atomic mass is 10.2. The van der Waals surface area contributed by atoms with Crippen molar-refractivity contribution in [3.8, 4) is 0 Å². The molecule has 0 amide bonds. The monoisotopic (exact) mass is 316 g/mol. The molecule has 118 valence electrons. The van der Waals surface area contributed by atoms with Crippen LogP contribution in [0.3, 0.4) is 0 Å². The molecule has 0 aliphatic heterocycles. The number of aryl methyl sites for hydroxylation is 2. The van der Waals surface area contributed by atoms with Crippen LogP contribution in [0, 0.1) is 6.92 Å². The first-order valence-electron chi connectivity index (χ1n) is 7.82. The minimum Gasteiger partial charge on any atom is -0.467 e. The van der Waals surface area contributed by atoms with Gasteiger partial charge in [-0.1, -0.05) is 26.3 Å². The van der Waals surface area contributed by atoms with Crippen LogP contribution in [0.25, 0.3) is 0 Å². The molecular formula is C18H24N2OS. The molecule has 2 aromatic heterocycles. The predicted molar refractivity (Wildman–Crippen MR) is 94.6 cm³/mol. The number of rotatable bonds is 7. The standard InChI is InChI=1S/C18H24N2OS/c1-4-6-7-10-19-18(20-13-15-9-8-11-21-15)17-14(3)12-16(5-2)22-17/h7-12H,4-6,13H2,1-3H3,(H,19,20)/b10-7+. The molecule has 0 radical (unpaired) electrons. The molecular weight excluding hydrogens is 292 g/mol. The molecule has 0 spiro atoms. The molecule has 2 heterocycles. The second-order valence-corrected chi connectivity index (χ2v) is 6.29. The molecule has 3 nitrogen and oxygen atoms in total. The first kappa shape index (κ1) is 16.6. The number of unbranched alkanes of at least 4 members (excludes halogenated alkanes) is 1. The SMILES string of the molecule is CCC/C=C/NC(=NCc1ccco1)c1sc(CC)cc1C. The molecule has 0 bridgehead atoms. The van der Waals surface area contributed by atoms with Crippen molar-refractivity contribution in [2.75, 3.05) is 0 Å². The first-order chi connectivity index (χ1) is 10.7. The number of thiophene rings is 1. The van der Waals surface area contributed by atoms with Gasteiger partial charge in [0, 0.05) is 4.88 Å². The maximum absolute atomic E-state index is 5.37. The van der Waals surface area contributed by atoms with Crippen LogP contribution >= 0.6 is 11.3 Å². The zero-order valence-electron chi connectivity index (χ0n) is 13.6. The van der Waals surface area contributed by atoms with Gasteiger partial charge >= 0.3 is 0 Å². The van der Waals surface area contributed by atoms with Gasteiger partial charge in [-0.25, -0.2) is 0 Å². The van der Waals surface area contributed by atoms with Crippen LogP contribution in [0.15, 0.2) is 46.1 Å². The van der Waals surface area contributed by atoms with Gasteiger partial charge in [0.1, 0.15) is 11.6 Å². The Morgan fingerprint density at radius 1 is 1.41 bits per heavy atom. The highest BCUT2D eigenvalue weighted by atomic mass is 32.1. The number of nitrogens with zero attached hydrogens (tertiary/aromatic N) is 1. The van der Waals surface area contributed by atoms with Gasteiger partial charge in [-0.15, -0.1) is 11.3 Å². The quantitative estimate of drug-likeness (QED) is 0.572. The summed E-state index contributed by atoms with van der Waals surface area (Å²) in [5.41, 5.74) is 1.27. The van der Waals surface area contributed by atoms with E-state index in [0.29, 0.717) is 6.54 Å². The van der Waals surface area contributed by atoms with Gasteiger partial charge in [0.15, 0.2) is 0 Å². The summed E-state index contributed by atoms with van der Waals surface area (Å²) in [7, 11) is 0. The fourth-order valence-electron chi connectivity index (χ4n) is 2.09. The first-order valence-corrected chi connectivity index (χ1v) is 8.64. The number of allylic oxidation sites excluding steroid dienone is 1. The minimum absolute atomic E-state index is 0.551. The molecule has 0 aromatic carbocycles. The number of hydrogen-bond acceptors (Lipinski definition) is 3. The Morgan fingerprint density at radius 2 is 2.27 bits per heavy atom. The van der Waals surface area contributed by atoms with Gasteiger partial charge in [0.2, 0.25) is 0 Å². The fourth-order valence-corrected chi connectivity index (χ4v) is 3.17. The van der Waals surface area contributed by atoms with Crippen LogP contribution in [0.1, 0.15) is 47.8 Å². The normalized spacial score (nSPS) is 12.2. The van der Waals surface area contributed by atoms with E-state index in [-0.39, 0.29) is 0 Å². The molecule has 0 aliphatic carbocycles. The Hall–Kier alpha value is -1.81. The van der Waals surface area contributed by atoms with E-state index in [1.54, 1.807) is 6.26 Å². The van der Waals surface area contributed by atoms with Gasteiger partial charge in [-0.05, 0) is 49.7 Å². The molecule has 4 heteroatoms. The summed E-state index contributed by atoms with van der Waals surface area (Å²) < 4.78 is 5.37. The highest BCUT2D eigenvalue weighted by Crippen LogP contribution is 2.23. The summed E-state index contributed by atoms with van der Waals surface area (Å²) in [4.78, 5) is 7.31. The van der Waals surface area contributed by atoms with Crippen LogP contribution in [0.5, 0.6) is 0 Å². The molecule has 2 aromatic rings. The van der Waals surface area contributed by atoms with Crippen molar-refractivity contribution in [1.82, 2.24) is 5.32 Å². The van der Waals surface area contributed by atoms with Crippen molar-refractivity contribution >= 4 is 17.2 Å². The molecule has 0 aliphatic rings. The van der Waals surface area contributed by atoms with Gasteiger partial charge in [-0.2, -0.15) is 0 Å². The van der Waals surface area contributed by atoms with Crippen LogP contribution in [0.2, 0.25) is 0 Å². The lowest BCUT2D eigenvalue weighted by Crippen LogP contribution is -2.18. The van der Waals surface area contributed by atoms with E-state index < -0.39 is 0 Å². The molecule has 0 saturated carbocycles. The fraction of sp³-hybridized carbons (Fsp3) is 0.389. The average Bonchev–Trinajstić information content (AvgIpc) is 3.16. The van der Waals surface area contributed by atoms with Crippen LogP contribution < -0.4 is 5.32 Å². The summed E-state index contributed by atoms with van der Waals surface area (Å²) in [6, 6.07) is 6.09. The van der Waals surface area contributed by atoms with Gasteiger partial charge in [0.25, 0.3) is 0 Å². The van der Waals surface area contributed by atoms with Crippen LogP contribution in [0.4, 0.5) is 0 Å². The summed E-state index contributed by atoms with van der Waals surface area (Å²) in [6.07, 6.45) is 9.10. The lowest BCUT2D eigenvalue weighted by Gasteiger charge is -2.05. The van der Waals surface area contributed by atoms with Crippen molar-refractivity contribution in [2.45, 2.75) is 46.6 Å². The van der Waals surface area contributed by atoms with Crippen molar-refractivity contribution < 1.29 is 4.42 Å². The average molecular weight is 316 g/mol. The highest BCUT2D eigenvalue weighted by Gasteiger charge is 2.10. The van der Waals surface area contributed by atoms with E-state index in [2.05, 4.69) is 38.2 Å². The topological polar surface area (TPSA) is 37.5 Å². The number of amidine groups is 1. The van der Waals surface area contributed by atoms with Crippen molar-refractivity contribution in [2.24, 2.45) is 4.99 Å². The van der Waals surface area contributed by atoms with E-state index in [9.17, 15) is 0 Å². The van der Waals surface area contributed by atoms with Crippen molar-refractivity contribution in [1.29, 1.82) is 0 Å². The number of aliphatic imine (C=N–C) groups is 1. The molecule has 22 heavy (non-hydrogen) atoms. The molecule has 0 atom stereocenters. The summed E-state index contributed by atoms with van der Waals surface area (Å²) in [5.74, 6) is 1.80. The second kappa shape index (κ2) is 8.59. The second-order valence-electron chi connectivity index (χ2n) is 5.16. The number of nitrogens with one attached hydrogen (secondary N) is 1. The maximum atomic E-state index is 5.37. The zero-order chi connectivity index (χ0) is 15.8.